The average molecular weight is 499 g/mol. The van der Waals surface area contributed by atoms with Crippen LogP contribution in [-0.2, 0) is 4.79 Å². The van der Waals surface area contributed by atoms with E-state index in [1.54, 1.807) is 13.2 Å². The van der Waals surface area contributed by atoms with E-state index in [9.17, 15) is 9.59 Å². The molecule has 6 nitrogen and oxygen atoms in total. The molecule has 0 aliphatic carbocycles. The van der Waals surface area contributed by atoms with Crippen molar-refractivity contribution in [3.8, 4) is 17.2 Å². The minimum Gasteiger partial charge on any atom is -0.495 e. The monoisotopic (exact) mass is 498 g/mol. The Hall–Kier alpha value is -3.97. The minimum atomic E-state index is -0.298. The molecule has 3 aromatic carbocycles. The zero-order chi connectivity index (χ0) is 25.2. The number of thioether (sulfide) groups is 1. The zero-order valence-electron chi connectivity index (χ0n) is 20.4. The van der Waals surface area contributed by atoms with Gasteiger partial charge < -0.3 is 14.0 Å². The molecule has 4 aromatic rings. The maximum Gasteiger partial charge on any atom is 0.293 e. The number of aromatic nitrogens is 1. The molecule has 0 radical (unpaired) electrons. The Kier molecular flexibility index (Phi) is 6.57. The number of rotatable bonds is 7. The quantitative estimate of drug-likeness (QED) is 0.277. The summed E-state index contributed by atoms with van der Waals surface area (Å²) in [5.74, 6) is 1.20. The Balaban J connectivity index is 1.33. The highest BCUT2D eigenvalue weighted by atomic mass is 32.2. The molecule has 1 fully saturated rings. The van der Waals surface area contributed by atoms with Crippen LogP contribution in [0.3, 0.4) is 0 Å². The van der Waals surface area contributed by atoms with Crippen LogP contribution in [-0.4, -0.2) is 40.9 Å². The van der Waals surface area contributed by atoms with Gasteiger partial charge in [0.1, 0.15) is 18.1 Å². The van der Waals surface area contributed by atoms with Gasteiger partial charge in [0, 0.05) is 16.8 Å². The van der Waals surface area contributed by atoms with Crippen LogP contribution in [0.2, 0.25) is 0 Å². The second-order valence-electron chi connectivity index (χ2n) is 8.49. The number of fused-ring (bicyclic) bond motifs is 1. The van der Waals surface area contributed by atoms with Crippen molar-refractivity contribution in [2.24, 2.45) is 0 Å². The number of aryl methyl sites for hydroxylation is 1. The number of nitrogens with zero attached hydrogens (tertiary/aromatic N) is 2. The normalized spacial score (nSPS) is 14.8. The predicted octanol–water partition coefficient (Wildman–Crippen LogP) is 6.37. The standard InChI is InChI=1S/C29H26N2O4S/c1-19-17-22(20(2)31(19)24-12-6-7-13-26(24)34-3)18-27-28(32)30(29(33)36-27)15-16-35-25-14-8-10-21-9-4-5-11-23(21)25/h4-14,17-18H,15-16H2,1-3H3/b27-18-. The molecule has 0 unspecified atom stereocenters. The molecular formula is C29H26N2O4S. The largest absolute Gasteiger partial charge is 0.495 e. The first kappa shape index (κ1) is 23.8. The van der Waals surface area contributed by atoms with Crippen LogP contribution in [0, 0.1) is 13.8 Å². The number of hydrogen-bond acceptors (Lipinski definition) is 5. The molecule has 7 heteroatoms. The molecule has 1 aliphatic heterocycles. The number of amides is 2. The van der Waals surface area contributed by atoms with Crippen molar-refractivity contribution in [3.63, 3.8) is 0 Å². The predicted molar refractivity (Wildman–Crippen MR) is 144 cm³/mol. The summed E-state index contributed by atoms with van der Waals surface area (Å²) in [4.78, 5) is 27.4. The highest BCUT2D eigenvalue weighted by molar-refractivity contribution is 8.18. The maximum absolute atomic E-state index is 13.1. The molecule has 1 aromatic heterocycles. The van der Waals surface area contributed by atoms with Gasteiger partial charge in [-0.05, 0) is 66.9 Å². The third-order valence-corrected chi connectivity index (χ3v) is 7.19. The Morgan fingerprint density at radius 3 is 2.47 bits per heavy atom. The van der Waals surface area contributed by atoms with E-state index >= 15 is 0 Å². The summed E-state index contributed by atoms with van der Waals surface area (Å²) in [6, 6.07) is 23.6. The molecule has 0 N–H and O–H groups in total. The van der Waals surface area contributed by atoms with Gasteiger partial charge in [0.2, 0.25) is 0 Å². The van der Waals surface area contributed by atoms with Gasteiger partial charge in [0.05, 0.1) is 24.2 Å². The van der Waals surface area contributed by atoms with Crippen molar-refractivity contribution >= 4 is 39.8 Å². The number of benzene rings is 3. The molecule has 0 bridgehead atoms. The topological polar surface area (TPSA) is 60.8 Å². The van der Waals surface area contributed by atoms with Gasteiger partial charge in [0.15, 0.2) is 0 Å². The van der Waals surface area contributed by atoms with Crippen molar-refractivity contribution in [2.75, 3.05) is 20.3 Å². The summed E-state index contributed by atoms with van der Waals surface area (Å²) in [5.41, 5.74) is 3.78. The SMILES string of the molecule is COc1ccccc1-n1c(C)cc(/C=C2\SC(=O)N(CCOc3cccc4ccccc34)C2=O)c1C. The summed E-state index contributed by atoms with van der Waals surface area (Å²) in [6.45, 7) is 4.41. The summed E-state index contributed by atoms with van der Waals surface area (Å²) >= 11 is 0.962. The lowest BCUT2D eigenvalue weighted by molar-refractivity contribution is -0.123. The van der Waals surface area contributed by atoms with E-state index in [0.29, 0.717) is 4.91 Å². The molecule has 0 saturated carbocycles. The van der Waals surface area contributed by atoms with Gasteiger partial charge in [-0.15, -0.1) is 0 Å². The molecule has 5 rings (SSSR count). The van der Waals surface area contributed by atoms with Crippen molar-refractivity contribution in [1.29, 1.82) is 0 Å². The Morgan fingerprint density at radius 2 is 1.64 bits per heavy atom. The first-order valence-electron chi connectivity index (χ1n) is 11.7. The molecule has 36 heavy (non-hydrogen) atoms. The van der Waals surface area contributed by atoms with Crippen molar-refractivity contribution in [2.45, 2.75) is 13.8 Å². The third kappa shape index (κ3) is 4.38. The van der Waals surface area contributed by atoms with E-state index < -0.39 is 0 Å². The lowest BCUT2D eigenvalue weighted by atomic mass is 10.1. The molecule has 2 amide bonds. The fourth-order valence-corrected chi connectivity index (χ4v) is 5.38. The summed E-state index contributed by atoms with van der Waals surface area (Å²) in [5, 5.41) is 1.79. The van der Waals surface area contributed by atoms with E-state index in [4.69, 9.17) is 9.47 Å². The van der Waals surface area contributed by atoms with E-state index in [-0.39, 0.29) is 24.3 Å². The summed E-state index contributed by atoms with van der Waals surface area (Å²) in [7, 11) is 1.65. The summed E-state index contributed by atoms with van der Waals surface area (Å²) in [6.07, 6.45) is 1.80. The van der Waals surface area contributed by atoms with Gasteiger partial charge in [-0.3, -0.25) is 14.5 Å². The Morgan fingerprint density at radius 1 is 0.917 bits per heavy atom. The van der Waals surface area contributed by atoms with Crippen LogP contribution >= 0.6 is 11.8 Å². The van der Waals surface area contributed by atoms with Crippen LogP contribution in [0.25, 0.3) is 22.5 Å². The number of methoxy groups -OCH3 is 1. The second kappa shape index (κ2) is 9.95. The fourth-order valence-electron chi connectivity index (χ4n) is 4.52. The van der Waals surface area contributed by atoms with Crippen molar-refractivity contribution < 1.29 is 19.1 Å². The third-order valence-electron chi connectivity index (χ3n) is 6.28. The number of hydrogen-bond donors (Lipinski definition) is 0. The van der Waals surface area contributed by atoms with Crippen LogP contribution < -0.4 is 9.47 Å². The van der Waals surface area contributed by atoms with Gasteiger partial charge >= 0.3 is 0 Å². The highest BCUT2D eigenvalue weighted by Gasteiger charge is 2.35. The Bertz CT molecular complexity index is 1500. The van der Waals surface area contributed by atoms with Crippen molar-refractivity contribution in [1.82, 2.24) is 9.47 Å². The lowest BCUT2D eigenvalue weighted by Gasteiger charge is -2.14. The van der Waals surface area contributed by atoms with Gasteiger partial charge in [-0.25, -0.2) is 0 Å². The van der Waals surface area contributed by atoms with Crippen LogP contribution in [0.1, 0.15) is 17.0 Å². The molecule has 1 saturated heterocycles. The summed E-state index contributed by atoms with van der Waals surface area (Å²) < 4.78 is 13.6. The average Bonchev–Trinajstić information content (AvgIpc) is 3.32. The lowest BCUT2D eigenvalue weighted by Crippen LogP contribution is -2.32. The van der Waals surface area contributed by atoms with Gasteiger partial charge in [-0.2, -0.15) is 0 Å². The van der Waals surface area contributed by atoms with E-state index in [1.807, 2.05) is 86.6 Å². The molecule has 1 aliphatic rings. The molecule has 0 spiro atoms. The first-order chi connectivity index (χ1) is 17.5. The van der Waals surface area contributed by atoms with Crippen molar-refractivity contribution in [3.05, 3.63) is 94.7 Å². The van der Waals surface area contributed by atoms with E-state index in [2.05, 4.69) is 4.57 Å². The minimum absolute atomic E-state index is 0.186. The number of para-hydroxylation sites is 2. The van der Waals surface area contributed by atoms with E-state index in [0.717, 1.165) is 56.7 Å². The van der Waals surface area contributed by atoms with Gasteiger partial charge in [-0.1, -0.05) is 48.5 Å². The van der Waals surface area contributed by atoms with Crippen LogP contribution in [0.5, 0.6) is 11.5 Å². The first-order valence-corrected chi connectivity index (χ1v) is 12.5. The fraction of sp³-hybridized carbons (Fsp3) is 0.172. The molecular weight excluding hydrogens is 472 g/mol. The van der Waals surface area contributed by atoms with Crippen LogP contribution in [0.15, 0.2) is 77.7 Å². The highest BCUT2D eigenvalue weighted by Crippen LogP contribution is 2.35. The second-order valence-corrected chi connectivity index (χ2v) is 9.49. The molecule has 182 valence electrons. The number of ether oxygens (including phenoxy) is 2. The van der Waals surface area contributed by atoms with Gasteiger partial charge in [0.25, 0.3) is 11.1 Å². The molecule has 2 heterocycles. The zero-order valence-corrected chi connectivity index (χ0v) is 21.2. The van der Waals surface area contributed by atoms with Crippen LogP contribution in [0.4, 0.5) is 4.79 Å². The Labute approximate surface area is 214 Å². The number of imide groups is 1. The number of carbonyl (C=O) groups excluding carboxylic acids is 2. The smallest absolute Gasteiger partial charge is 0.293 e. The van der Waals surface area contributed by atoms with E-state index in [1.165, 1.54) is 4.90 Å². The number of carbonyl (C=O) groups is 2. The molecule has 0 atom stereocenters. The maximum atomic E-state index is 13.1.